The van der Waals surface area contributed by atoms with Gasteiger partial charge in [0.2, 0.25) is 5.88 Å². The molecule has 0 saturated carbocycles. The first kappa shape index (κ1) is 13.7. The predicted molar refractivity (Wildman–Crippen MR) is 84.1 cm³/mol. The quantitative estimate of drug-likeness (QED) is 0.648. The summed E-state index contributed by atoms with van der Waals surface area (Å²) in [5.74, 6) is 2.68. The maximum absolute atomic E-state index is 5.98. The van der Waals surface area contributed by atoms with E-state index in [2.05, 4.69) is 38.7 Å². The van der Waals surface area contributed by atoms with Crippen LogP contribution in [0.2, 0.25) is 0 Å². The number of aromatic nitrogens is 1. The highest BCUT2D eigenvalue weighted by Gasteiger charge is 2.13. The zero-order valence-corrected chi connectivity index (χ0v) is 12.8. The monoisotopic (exact) mass is 281 g/mol. The van der Waals surface area contributed by atoms with Crippen molar-refractivity contribution in [1.29, 1.82) is 0 Å². The summed E-state index contributed by atoms with van der Waals surface area (Å²) in [5, 5.41) is 0.917. The molecule has 3 aromatic rings. The van der Waals surface area contributed by atoms with Crippen molar-refractivity contribution >= 4 is 11.0 Å². The van der Waals surface area contributed by atoms with E-state index in [0.717, 1.165) is 22.5 Å². The van der Waals surface area contributed by atoms with Crippen LogP contribution in [0.15, 0.2) is 40.9 Å². The number of pyridine rings is 1. The average molecular weight is 281 g/mol. The summed E-state index contributed by atoms with van der Waals surface area (Å²) >= 11 is 0. The Labute approximate surface area is 124 Å². The molecular formula is C18H19NO2. The maximum Gasteiger partial charge on any atom is 0.230 e. The zero-order chi connectivity index (χ0) is 15.0. The second-order valence-electron chi connectivity index (χ2n) is 5.76. The summed E-state index contributed by atoms with van der Waals surface area (Å²) in [6, 6.07) is 10.0. The maximum atomic E-state index is 5.98. The van der Waals surface area contributed by atoms with E-state index in [1.165, 1.54) is 11.1 Å². The van der Waals surface area contributed by atoms with Gasteiger partial charge in [-0.05, 0) is 43.2 Å². The van der Waals surface area contributed by atoms with Gasteiger partial charge in [0.1, 0.15) is 17.1 Å². The molecule has 0 atom stereocenters. The standard InChI is InChI=1S/C18H19NO2/c1-11(2)17-10-15-16(21-17)5-6-19-18(15)20-14-8-12(3)7-13(4)9-14/h5-11H,1-4H3. The molecule has 0 fully saturated rings. The summed E-state index contributed by atoms with van der Waals surface area (Å²) in [4.78, 5) is 4.35. The lowest BCUT2D eigenvalue weighted by Crippen LogP contribution is -1.89. The molecular weight excluding hydrogens is 262 g/mol. The third-order valence-corrected chi connectivity index (χ3v) is 3.41. The molecule has 2 heterocycles. The minimum Gasteiger partial charge on any atom is -0.461 e. The van der Waals surface area contributed by atoms with Crippen LogP contribution in [-0.4, -0.2) is 4.98 Å². The van der Waals surface area contributed by atoms with Gasteiger partial charge in [0.15, 0.2) is 0 Å². The van der Waals surface area contributed by atoms with E-state index in [4.69, 9.17) is 9.15 Å². The summed E-state index contributed by atoms with van der Waals surface area (Å²) in [7, 11) is 0. The predicted octanol–water partition coefficient (Wildman–Crippen LogP) is 5.36. The smallest absolute Gasteiger partial charge is 0.230 e. The number of fused-ring (bicyclic) bond motifs is 1. The lowest BCUT2D eigenvalue weighted by Gasteiger charge is -2.07. The lowest BCUT2D eigenvalue weighted by molar-refractivity contribution is 0.467. The molecule has 0 radical (unpaired) electrons. The van der Waals surface area contributed by atoms with Crippen LogP contribution in [0.5, 0.6) is 11.6 Å². The molecule has 0 aliphatic rings. The van der Waals surface area contributed by atoms with Gasteiger partial charge in [0.25, 0.3) is 0 Å². The highest BCUT2D eigenvalue weighted by atomic mass is 16.5. The highest BCUT2D eigenvalue weighted by molar-refractivity contribution is 5.83. The number of furan rings is 1. The van der Waals surface area contributed by atoms with Gasteiger partial charge in [-0.15, -0.1) is 0 Å². The van der Waals surface area contributed by atoms with Crippen LogP contribution in [0.4, 0.5) is 0 Å². The fraction of sp³-hybridized carbons (Fsp3) is 0.278. The van der Waals surface area contributed by atoms with Gasteiger partial charge >= 0.3 is 0 Å². The van der Waals surface area contributed by atoms with Crippen molar-refractivity contribution in [2.45, 2.75) is 33.6 Å². The molecule has 0 spiro atoms. The second-order valence-corrected chi connectivity index (χ2v) is 5.76. The van der Waals surface area contributed by atoms with Crippen molar-refractivity contribution < 1.29 is 9.15 Å². The van der Waals surface area contributed by atoms with Gasteiger partial charge in [-0.2, -0.15) is 0 Å². The molecule has 108 valence electrons. The van der Waals surface area contributed by atoms with Crippen molar-refractivity contribution in [3.05, 3.63) is 53.4 Å². The Morgan fingerprint density at radius 2 is 1.76 bits per heavy atom. The van der Waals surface area contributed by atoms with Gasteiger partial charge in [-0.25, -0.2) is 4.98 Å². The molecule has 0 unspecified atom stereocenters. The Morgan fingerprint density at radius 3 is 2.43 bits per heavy atom. The Hall–Kier alpha value is -2.29. The van der Waals surface area contributed by atoms with Gasteiger partial charge in [0.05, 0.1) is 5.39 Å². The third-order valence-electron chi connectivity index (χ3n) is 3.41. The SMILES string of the molecule is Cc1cc(C)cc(Oc2nccc3oc(C(C)C)cc23)c1. The van der Waals surface area contributed by atoms with Crippen LogP contribution in [0.25, 0.3) is 11.0 Å². The Balaban J connectivity index is 2.03. The first-order valence-electron chi connectivity index (χ1n) is 7.17. The number of ether oxygens (including phenoxy) is 1. The topological polar surface area (TPSA) is 35.3 Å². The van der Waals surface area contributed by atoms with E-state index in [9.17, 15) is 0 Å². The van der Waals surface area contributed by atoms with E-state index in [0.29, 0.717) is 11.8 Å². The van der Waals surface area contributed by atoms with Crippen LogP contribution < -0.4 is 4.74 Å². The summed E-state index contributed by atoms with van der Waals surface area (Å²) in [6.45, 7) is 8.33. The average Bonchev–Trinajstić information content (AvgIpc) is 2.82. The molecule has 0 aliphatic heterocycles. The van der Waals surface area contributed by atoms with E-state index in [1.807, 2.05) is 24.3 Å². The van der Waals surface area contributed by atoms with Crippen molar-refractivity contribution in [1.82, 2.24) is 4.98 Å². The Bertz CT molecular complexity index is 767. The number of hydrogen-bond acceptors (Lipinski definition) is 3. The lowest BCUT2D eigenvalue weighted by atomic mass is 10.1. The van der Waals surface area contributed by atoms with E-state index in [-0.39, 0.29) is 0 Å². The zero-order valence-electron chi connectivity index (χ0n) is 12.8. The van der Waals surface area contributed by atoms with Gasteiger partial charge in [-0.1, -0.05) is 19.9 Å². The molecule has 3 rings (SSSR count). The van der Waals surface area contributed by atoms with Crippen LogP contribution in [0.1, 0.15) is 36.7 Å². The van der Waals surface area contributed by atoms with E-state index >= 15 is 0 Å². The fourth-order valence-corrected chi connectivity index (χ4v) is 2.43. The number of aryl methyl sites for hydroxylation is 2. The van der Waals surface area contributed by atoms with E-state index in [1.54, 1.807) is 6.20 Å². The summed E-state index contributed by atoms with van der Waals surface area (Å²) < 4.78 is 11.8. The normalized spacial score (nSPS) is 11.3. The van der Waals surface area contributed by atoms with E-state index < -0.39 is 0 Å². The molecule has 0 amide bonds. The molecule has 0 saturated heterocycles. The number of rotatable bonds is 3. The minimum atomic E-state index is 0.339. The van der Waals surface area contributed by atoms with Crippen LogP contribution >= 0.6 is 0 Å². The Kier molecular flexibility index (Phi) is 3.42. The minimum absolute atomic E-state index is 0.339. The van der Waals surface area contributed by atoms with Crippen molar-refractivity contribution in [3.8, 4) is 11.6 Å². The summed E-state index contributed by atoms with van der Waals surface area (Å²) in [5.41, 5.74) is 3.16. The number of hydrogen-bond donors (Lipinski definition) is 0. The third kappa shape index (κ3) is 2.77. The highest BCUT2D eigenvalue weighted by Crippen LogP contribution is 2.32. The molecule has 0 bridgehead atoms. The van der Waals surface area contributed by atoms with Crippen molar-refractivity contribution in [2.75, 3.05) is 0 Å². The Morgan fingerprint density at radius 1 is 1.05 bits per heavy atom. The molecule has 21 heavy (non-hydrogen) atoms. The second kappa shape index (κ2) is 5.24. The molecule has 1 aromatic carbocycles. The molecule has 0 N–H and O–H groups in total. The number of nitrogens with zero attached hydrogens (tertiary/aromatic N) is 1. The van der Waals surface area contributed by atoms with Crippen LogP contribution in [-0.2, 0) is 0 Å². The van der Waals surface area contributed by atoms with Gasteiger partial charge in [-0.3, -0.25) is 0 Å². The van der Waals surface area contributed by atoms with Crippen LogP contribution in [0.3, 0.4) is 0 Å². The first-order valence-corrected chi connectivity index (χ1v) is 7.17. The molecule has 3 heteroatoms. The largest absolute Gasteiger partial charge is 0.461 e. The molecule has 0 aliphatic carbocycles. The summed E-state index contributed by atoms with van der Waals surface area (Å²) in [6.07, 6.45) is 1.72. The van der Waals surface area contributed by atoms with Crippen molar-refractivity contribution in [3.63, 3.8) is 0 Å². The van der Waals surface area contributed by atoms with Gasteiger partial charge in [0, 0.05) is 18.2 Å². The van der Waals surface area contributed by atoms with Gasteiger partial charge < -0.3 is 9.15 Å². The molecule has 2 aromatic heterocycles. The van der Waals surface area contributed by atoms with Crippen LogP contribution in [0, 0.1) is 13.8 Å². The number of benzene rings is 1. The fourth-order valence-electron chi connectivity index (χ4n) is 2.43. The molecule has 3 nitrogen and oxygen atoms in total. The van der Waals surface area contributed by atoms with Crippen molar-refractivity contribution in [2.24, 2.45) is 0 Å². The first-order chi connectivity index (χ1) is 10.0.